The van der Waals surface area contributed by atoms with Crippen LogP contribution in [0.4, 0.5) is 5.69 Å². The number of benzene rings is 1. The van der Waals surface area contributed by atoms with Crippen LogP contribution < -0.4 is 11.1 Å². The highest BCUT2D eigenvalue weighted by Gasteiger charge is 2.25. The van der Waals surface area contributed by atoms with E-state index in [0.717, 1.165) is 19.4 Å². The predicted molar refractivity (Wildman–Crippen MR) is 58.5 cm³/mol. The molecule has 4 heteroatoms. The molecule has 1 aromatic rings. The largest absolute Gasteiger partial charge is 0.508 e. The molecule has 5 N–H and O–H groups in total. The second-order valence-electron chi connectivity index (χ2n) is 3.96. The topological polar surface area (TPSA) is 78.5 Å². The second-order valence-corrected chi connectivity index (χ2v) is 3.96. The van der Waals surface area contributed by atoms with E-state index in [1.807, 2.05) is 0 Å². The van der Waals surface area contributed by atoms with Crippen molar-refractivity contribution in [1.82, 2.24) is 5.32 Å². The van der Waals surface area contributed by atoms with Gasteiger partial charge in [0.25, 0.3) is 0 Å². The Morgan fingerprint density at radius 3 is 2.93 bits per heavy atom. The SMILES string of the molecule is Nc1ccc(O)cc1C(O)C1CCCN1. The molecule has 4 nitrogen and oxygen atoms in total. The van der Waals surface area contributed by atoms with Crippen LogP contribution in [0.2, 0.25) is 0 Å². The zero-order chi connectivity index (χ0) is 10.8. The van der Waals surface area contributed by atoms with Crippen molar-refractivity contribution in [1.29, 1.82) is 0 Å². The van der Waals surface area contributed by atoms with Gasteiger partial charge in [-0.05, 0) is 37.6 Å². The average Bonchev–Trinajstić information content (AvgIpc) is 2.74. The molecule has 2 unspecified atom stereocenters. The molecule has 15 heavy (non-hydrogen) atoms. The summed E-state index contributed by atoms with van der Waals surface area (Å²) in [7, 11) is 0. The van der Waals surface area contributed by atoms with Crippen LogP contribution in [-0.2, 0) is 0 Å². The molecule has 1 aliphatic heterocycles. The first kappa shape index (κ1) is 10.3. The molecule has 2 rings (SSSR count). The maximum Gasteiger partial charge on any atom is 0.116 e. The number of nitrogen functional groups attached to an aromatic ring is 1. The van der Waals surface area contributed by atoms with Crippen molar-refractivity contribution in [2.75, 3.05) is 12.3 Å². The lowest BCUT2D eigenvalue weighted by molar-refractivity contribution is 0.138. The van der Waals surface area contributed by atoms with E-state index in [2.05, 4.69) is 5.32 Å². The number of phenolic OH excluding ortho intramolecular Hbond substituents is 1. The molecule has 0 aliphatic carbocycles. The highest BCUT2D eigenvalue weighted by molar-refractivity contribution is 5.51. The van der Waals surface area contributed by atoms with Gasteiger partial charge in [0.2, 0.25) is 0 Å². The number of aliphatic hydroxyl groups is 1. The fourth-order valence-electron chi connectivity index (χ4n) is 2.02. The smallest absolute Gasteiger partial charge is 0.116 e. The number of aliphatic hydroxyl groups excluding tert-OH is 1. The van der Waals surface area contributed by atoms with Crippen molar-refractivity contribution in [2.45, 2.75) is 25.0 Å². The molecule has 1 fully saturated rings. The van der Waals surface area contributed by atoms with E-state index >= 15 is 0 Å². The van der Waals surface area contributed by atoms with Gasteiger partial charge < -0.3 is 21.3 Å². The van der Waals surface area contributed by atoms with Crippen molar-refractivity contribution < 1.29 is 10.2 Å². The summed E-state index contributed by atoms with van der Waals surface area (Å²) in [6, 6.07) is 4.71. The number of rotatable bonds is 2. The van der Waals surface area contributed by atoms with Gasteiger partial charge in [0.05, 0.1) is 6.10 Å². The molecule has 1 heterocycles. The predicted octanol–water partition coefficient (Wildman–Crippen LogP) is 0.760. The van der Waals surface area contributed by atoms with Gasteiger partial charge in [0.1, 0.15) is 5.75 Å². The molecule has 0 bridgehead atoms. The van der Waals surface area contributed by atoms with E-state index in [0.29, 0.717) is 11.3 Å². The Morgan fingerprint density at radius 1 is 1.47 bits per heavy atom. The fraction of sp³-hybridized carbons (Fsp3) is 0.455. The van der Waals surface area contributed by atoms with Gasteiger partial charge >= 0.3 is 0 Å². The summed E-state index contributed by atoms with van der Waals surface area (Å²) in [5.74, 6) is 0.135. The number of anilines is 1. The van der Waals surface area contributed by atoms with Gasteiger partial charge in [-0.2, -0.15) is 0 Å². The van der Waals surface area contributed by atoms with Crippen LogP contribution in [0.3, 0.4) is 0 Å². The van der Waals surface area contributed by atoms with Crippen LogP contribution in [0.15, 0.2) is 18.2 Å². The molecule has 2 atom stereocenters. The minimum absolute atomic E-state index is 0.0501. The summed E-state index contributed by atoms with van der Waals surface area (Å²) in [6.07, 6.45) is 1.37. The molecular weight excluding hydrogens is 192 g/mol. The summed E-state index contributed by atoms with van der Waals surface area (Å²) in [4.78, 5) is 0. The van der Waals surface area contributed by atoms with Crippen LogP contribution in [0.25, 0.3) is 0 Å². The Hall–Kier alpha value is -1.26. The third-order valence-electron chi connectivity index (χ3n) is 2.87. The quantitative estimate of drug-likeness (QED) is 0.427. The summed E-state index contributed by atoms with van der Waals surface area (Å²) in [5.41, 5.74) is 6.89. The Kier molecular flexibility index (Phi) is 2.79. The molecule has 0 radical (unpaired) electrons. The van der Waals surface area contributed by atoms with Crippen LogP contribution >= 0.6 is 0 Å². The first-order valence-electron chi connectivity index (χ1n) is 5.18. The number of phenols is 1. The maximum absolute atomic E-state index is 10.1. The lowest BCUT2D eigenvalue weighted by Gasteiger charge is -2.20. The van der Waals surface area contributed by atoms with E-state index in [1.54, 1.807) is 6.07 Å². The molecular formula is C11H16N2O2. The lowest BCUT2D eigenvalue weighted by atomic mass is 9.99. The number of aromatic hydroxyl groups is 1. The Labute approximate surface area is 88.7 Å². The molecule has 82 valence electrons. The average molecular weight is 208 g/mol. The molecule has 0 saturated carbocycles. The van der Waals surface area contributed by atoms with Gasteiger partial charge in [-0.15, -0.1) is 0 Å². The third-order valence-corrected chi connectivity index (χ3v) is 2.87. The standard InChI is InChI=1S/C11H16N2O2/c12-9-4-3-7(14)6-8(9)11(15)10-2-1-5-13-10/h3-4,6,10-11,13-15H,1-2,5,12H2. The number of nitrogens with one attached hydrogen (secondary N) is 1. The zero-order valence-corrected chi connectivity index (χ0v) is 8.48. The molecule has 0 amide bonds. The first-order chi connectivity index (χ1) is 7.18. The van der Waals surface area contributed by atoms with Gasteiger partial charge in [0.15, 0.2) is 0 Å². The van der Waals surface area contributed by atoms with Crippen molar-refractivity contribution >= 4 is 5.69 Å². The van der Waals surface area contributed by atoms with Gasteiger partial charge in [0, 0.05) is 17.3 Å². The Bertz CT molecular complexity index is 348. The fourth-order valence-corrected chi connectivity index (χ4v) is 2.02. The van der Waals surface area contributed by atoms with Crippen LogP contribution in [0, 0.1) is 0 Å². The lowest BCUT2D eigenvalue weighted by Crippen LogP contribution is -2.29. The summed E-state index contributed by atoms with van der Waals surface area (Å²) < 4.78 is 0. The second kappa shape index (κ2) is 4.08. The van der Waals surface area contributed by atoms with E-state index in [4.69, 9.17) is 5.73 Å². The van der Waals surface area contributed by atoms with E-state index < -0.39 is 6.10 Å². The highest BCUT2D eigenvalue weighted by Crippen LogP contribution is 2.29. The third kappa shape index (κ3) is 2.06. The van der Waals surface area contributed by atoms with Crippen molar-refractivity contribution in [3.05, 3.63) is 23.8 Å². The summed E-state index contributed by atoms with van der Waals surface area (Å²) in [6.45, 7) is 0.931. The molecule has 1 aliphatic rings. The molecule has 1 saturated heterocycles. The van der Waals surface area contributed by atoms with Crippen molar-refractivity contribution in [2.24, 2.45) is 0 Å². The molecule has 1 aromatic carbocycles. The monoisotopic (exact) mass is 208 g/mol. The van der Waals surface area contributed by atoms with Crippen LogP contribution in [0.1, 0.15) is 24.5 Å². The Morgan fingerprint density at radius 2 is 2.27 bits per heavy atom. The number of nitrogens with two attached hydrogens (primary N) is 1. The summed E-state index contributed by atoms with van der Waals surface area (Å²) in [5, 5.41) is 22.6. The van der Waals surface area contributed by atoms with Crippen molar-refractivity contribution in [3.63, 3.8) is 0 Å². The first-order valence-corrected chi connectivity index (χ1v) is 5.18. The Balaban J connectivity index is 2.23. The normalized spacial score (nSPS) is 22.9. The van der Waals surface area contributed by atoms with Crippen LogP contribution in [0.5, 0.6) is 5.75 Å². The van der Waals surface area contributed by atoms with Crippen molar-refractivity contribution in [3.8, 4) is 5.75 Å². The summed E-state index contributed by atoms with van der Waals surface area (Å²) >= 11 is 0. The van der Waals surface area contributed by atoms with E-state index in [9.17, 15) is 10.2 Å². The minimum atomic E-state index is -0.639. The zero-order valence-electron chi connectivity index (χ0n) is 8.48. The molecule has 0 aromatic heterocycles. The van der Waals surface area contributed by atoms with Gasteiger partial charge in [-0.1, -0.05) is 0 Å². The molecule has 0 spiro atoms. The maximum atomic E-state index is 10.1. The minimum Gasteiger partial charge on any atom is -0.508 e. The number of hydrogen-bond donors (Lipinski definition) is 4. The van der Waals surface area contributed by atoms with Crippen LogP contribution in [-0.4, -0.2) is 22.8 Å². The van der Waals surface area contributed by atoms with E-state index in [1.165, 1.54) is 12.1 Å². The number of hydrogen-bond acceptors (Lipinski definition) is 4. The highest BCUT2D eigenvalue weighted by atomic mass is 16.3. The van der Waals surface area contributed by atoms with E-state index in [-0.39, 0.29) is 11.8 Å². The van der Waals surface area contributed by atoms with Gasteiger partial charge in [-0.3, -0.25) is 0 Å². The van der Waals surface area contributed by atoms with Gasteiger partial charge in [-0.25, -0.2) is 0 Å².